The van der Waals surface area contributed by atoms with Crippen LogP contribution < -0.4 is 4.74 Å². The molecule has 96 valence electrons. The van der Waals surface area contributed by atoms with Gasteiger partial charge in [-0.05, 0) is 37.0 Å². The van der Waals surface area contributed by atoms with E-state index in [9.17, 15) is 0 Å². The Hall–Kier alpha value is -1.20. The molecule has 2 rings (SSSR count). The van der Waals surface area contributed by atoms with E-state index in [1.54, 1.807) is 18.2 Å². The van der Waals surface area contributed by atoms with Crippen LogP contribution in [0.25, 0.3) is 0 Å². The minimum atomic E-state index is 0.524. The van der Waals surface area contributed by atoms with E-state index in [1.807, 2.05) is 0 Å². The van der Waals surface area contributed by atoms with E-state index in [1.165, 1.54) is 38.5 Å². The summed E-state index contributed by atoms with van der Waals surface area (Å²) in [6.45, 7) is 0.719. The van der Waals surface area contributed by atoms with Gasteiger partial charge in [0.1, 0.15) is 11.8 Å². The average molecular weight is 264 g/mol. The molecule has 18 heavy (non-hydrogen) atoms. The van der Waals surface area contributed by atoms with Crippen molar-refractivity contribution in [2.24, 2.45) is 5.92 Å². The first-order valence-electron chi connectivity index (χ1n) is 6.62. The van der Waals surface area contributed by atoms with Gasteiger partial charge in [-0.15, -0.1) is 0 Å². The number of nitriles is 1. The highest BCUT2D eigenvalue weighted by atomic mass is 35.5. The van der Waals surface area contributed by atoms with E-state index >= 15 is 0 Å². The first kappa shape index (κ1) is 13.2. The van der Waals surface area contributed by atoms with Crippen molar-refractivity contribution >= 4 is 11.6 Å². The molecule has 3 heteroatoms. The first-order chi connectivity index (χ1) is 8.79. The maximum Gasteiger partial charge on any atom is 0.137 e. The van der Waals surface area contributed by atoms with Crippen LogP contribution in [-0.4, -0.2) is 6.61 Å². The molecule has 2 nitrogen and oxygen atoms in total. The molecule has 1 aromatic carbocycles. The second-order valence-corrected chi connectivity index (χ2v) is 5.36. The van der Waals surface area contributed by atoms with Crippen molar-refractivity contribution in [2.75, 3.05) is 6.61 Å². The van der Waals surface area contributed by atoms with Gasteiger partial charge in [-0.2, -0.15) is 5.26 Å². The van der Waals surface area contributed by atoms with Crippen LogP contribution in [0.2, 0.25) is 5.02 Å². The summed E-state index contributed by atoms with van der Waals surface area (Å²) in [5, 5.41) is 9.61. The van der Waals surface area contributed by atoms with Gasteiger partial charge in [-0.3, -0.25) is 0 Å². The molecule has 0 heterocycles. The zero-order chi connectivity index (χ0) is 12.8. The Morgan fingerprint density at radius 3 is 2.61 bits per heavy atom. The van der Waals surface area contributed by atoms with Gasteiger partial charge < -0.3 is 4.74 Å². The number of hydrogen-bond acceptors (Lipinski definition) is 2. The predicted octanol–water partition coefficient (Wildman–Crippen LogP) is 4.56. The van der Waals surface area contributed by atoms with Crippen LogP contribution in [0.5, 0.6) is 5.75 Å². The summed E-state index contributed by atoms with van der Waals surface area (Å²) in [6, 6.07) is 7.34. The smallest absolute Gasteiger partial charge is 0.137 e. The molecule has 1 aliphatic carbocycles. The van der Waals surface area contributed by atoms with Gasteiger partial charge in [0.05, 0.1) is 12.2 Å². The first-order valence-corrected chi connectivity index (χ1v) is 7.00. The second kappa shape index (κ2) is 6.66. The van der Waals surface area contributed by atoms with E-state index in [0.29, 0.717) is 22.3 Å². The second-order valence-electron chi connectivity index (χ2n) is 4.92. The van der Waals surface area contributed by atoms with Crippen LogP contribution in [0.3, 0.4) is 0 Å². The lowest BCUT2D eigenvalue weighted by Gasteiger charge is -2.15. The Bertz CT molecular complexity index is 431. The van der Waals surface area contributed by atoms with Crippen LogP contribution in [0.1, 0.15) is 44.1 Å². The Morgan fingerprint density at radius 1 is 1.22 bits per heavy atom. The Morgan fingerprint density at radius 2 is 1.94 bits per heavy atom. The summed E-state index contributed by atoms with van der Waals surface area (Å²) in [4.78, 5) is 0. The fourth-order valence-electron chi connectivity index (χ4n) is 2.45. The fourth-order valence-corrected chi connectivity index (χ4v) is 2.63. The van der Waals surface area contributed by atoms with Crippen molar-refractivity contribution in [3.63, 3.8) is 0 Å². The molecule has 1 aromatic rings. The number of ether oxygens (including phenoxy) is 1. The SMILES string of the molecule is N#Cc1cc(Cl)ccc1OCC1CCCCCC1. The summed E-state index contributed by atoms with van der Waals surface area (Å²) in [7, 11) is 0. The van der Waals surface area contributed by atoms with Gasteiger partial charge >= 0.3 is 0 Å². The Balaban J connectivity index is 1.95. The van der Waals surface area contributed by atoms with Crippen molar-refractivity contribution in [1.82, 2.24) is 0 Å². The highest BCUT2D eigenvalue weighted by Crippen LogP contribution is 2.26. The highest BCUT2D eigenvalue weighted by molar-refractivity contribution is 6.30. The minimum Gasteiger partial charge on any atom is -0.492 e. The summed E-state index contributed by atoms with van der Waals surface area (Å²) in [5.74, 6) is 1.29. The van der Waals surface area contributed by atoms with Crippen LogP contribution in [0.4, 0.5) is 0 Å². The normalized spacial score (nSPS) is 16.9. The molecule has 0 saturated heterocycles. The maximum absolute atomic E-state index is 9.04. The van der Waals surface area contributed by atoms with Gasteiger partial charge in [-0.25, -0.2) is 0 Å². The van der Waals surface area contributed by atoms with Gasteiger partial charge in [0, 0.05) is 5.02 Å². The van der Waals surface area contributed by atoms with E-state index in [4.69, 9.17) is 21.6 Å². The topological polar surface area (TPSA) is 33.0 Å². The van der Waals surface area contributed by atoms with E-state index in [2.05, 4.69) is 6.07 Å². The largest absolute Gasteiger partial charge is 0.492 e. The van der Waals surface area contributed by atoms with Crippen molar-refractivity contribution < 1.29 is 4.74 Å². The minimum absolute atomic E-state index is 0.524. The maximum atomic E-state index is 9.04. The third-order valence-corrected chi connectivity index (χ3v) is 3.75. The standard InChI is InChI=1S/C15H18ClNO/c16-14-7-8-15(13(9-14)10-17)18-11-12-5-3-1-2-4-6-12/h7-9,12H,1-6,11H2. The van der Waals surface area contributed by atoms with E-state index < -0.39 is 0 Å². The zero-order valence-corrected chi connectivity index (χ0v) is 11.2. The molecular formula is C15H18ClNO. The average Bonchev–Trinajstić information content (AvgIpc) is 2.65. The number of hydrogen-bond donors (Lipinski definition) is 0. The van der Waals surface area contributed by atoms with Crippen molar-refractivity contribution in [3.05, 3.63) is 28.8 Å². The lowest BCUT2D eigenvalue weighted by atomic mass is 10.0. The number of rotatable bonds is 3. The molecule has 0 atom stereocenters. The zero-order valence-electron chi connectivity index (χ0n) is 10.5. The third kappa shape index (κ3) is 3.65. The lowest BCUT2D eigenvalue weighted by molar-refractivity contribution is 0.233. The van der Waals surface area contributed by atoms with Crippen molar-refractivity contribution in [1.29, 1.82) is 5.26 Å². The summed E-state index contributed by atoms with van der Waals surface area (Å²) >= 11 is 5.86. The highest BCUT2D eigenvalue weighted by Gasteiger charge is 2.14. The lowest BCUT2D eigenvalue weighted by Crippen LogP contribution is -2.11. The molecule has 0 spiro atoms. The summed E-state index contributed by atoms with van der Waals surface area (Å²) in [5.41, 5.74) is 0.524. The molecule has 0 aromatic heterocycles. The molecule has 1 fully saturated rings. The summed E-state index contributed by atoms with van der Waals surface area (Å²) in [6.07, 6.45) is 7.80. The fraction of sp³-hybridized carbons (Fsp3) is 0.533. The monoisotopic (exact) mass is 263 g/mol. The van der Waals surface area contributed by atoms with E-state index in [0.717, 1.165) is 6.61 Å². The van der Waals surface area contributed by atoms with E-state index in [-0.39, 0.29) is 0 Å². The van der Waals surface area contributed by atoms with Crippen LogP contribution in [0.15, 0.2) is 18.2 Å². The van der Waals surface area contributed by atoms with Gasteiger partial charge in [0.2, 0.25) is 0 Å². The molecule has 1 aliphatic rings. The molecule has 0 radical (unpaired) electrons. The number of halogens is 1. The Kier molecular flexibility index (Phi) is 4.90. The molecule has 0 aliphatic heterocycles. The molecule has 0 bridgehead atoms. The number of nitrogens with zero attached hydrogens (tertiary/aromatic N) is 1. The van der Waals surface area contributed by atoms with Gasteiger partial charge in [-0.1, -0.05) is 37.3 Å². The predicted molar refractivity (Wildman–Crippen MR) is 72.9 cm³/mol. The Labute approximate surface area is 114 Å². The third-order valence-electron chi connectivity index (χ3n) is 3.51. The van der Waals surface area contributed by atoms with Crippen LogP contribution >= 0.6 is 11.6 Å². The quantitative estimate of drug-likeness (QED) is 0.749. The van der Waals surface area contributed by atoms with Crippen LogP contribution in [0, 0.1) is 17.2 Å². The molecule has 0 N–H and O–H groups in total. The van der Waals surface area contributed by atoms with Crippen molar-refractivity contribution in [3.8, 4) is 11.8 Å². The van der Waals surface area contributed by atoms with Crippen molar-refractivity contribution in [2.45, 2.75) is 38.5 Å². The molecule has 1 saturated carbocycles. The van der Waals surface area contributed by atoms with Crippen LogP contribution in [-0.2, 0) is 0 Å². The van der Waals surface area contributed by atoms with Gasteiger partial charge in [0.25, 0.3) is 0 Å². The molecular weight excluding hydrogens is 246 g/mol. The number of benzene rings is 1. The molecule has 0 unspecified atom stereocenters. The van der Waals surface area contributed by atoms with Gasteiger partial charge in [0.15, 0.2) is 0 Å². The molecule has 0 amide bonds. The summed E-state index contributed by atoms with van der Waals surface area (Å²) < 4.78 is 5.80.